The molecule has 2 aromatic heterocycles. The number of hydrogen-bond acceptors (Lipinski definition) is 1. The molecule has 2 heteroatoms. The molecule has 0 aliphatic heterocycles. The fraction of sp³-hybridized carbons (Fsp3) is 0.286. The van der Waals surface area contributed by atoms with Crippen LogP contribution in [0.25, 0.3) is 60.6 Å². The normalized spacial score (nSPS) is 14.7. The first-order valence-corrected chi connectivity index (χ1v) is 15.5. The molecular weight excluding hydrogens is 534 g/mol. The highest BCUT2D eigenvalue weighted by atomic mass is 16.3. The molecule has 5 aromatic carbocycles. The summed E-state index contributed by atoms with van der Waals surface area (Å²) in [7, 11) is 0. The summed E-state index contributed by atoms with van der Waals surface area (Å²) in [4.78, 5) is 0. The summed E-state index contributed by atoms with van der Waals surface area (Å²) < 4.78 is 51.6. The second-order valence-electron chi connectivity index (χ2n) is 15.2. The summed E-state index contributed by atoms with van der Waals surface area (Å²) in [6.45, 7) is 20.1. The van der Waals surface area contributed by atoms with Gasteiger partial charge in [-0.2, -0.15) is 0 Å². The molecule has 2 nitrogen and oxygen atoms in total. The van der Waals surface area contributed by atoms with Crippen LogP contribution in [0.3, 0.4) is 0 Å². The third-order valence-corrected chi connectivity index (χ3v) is 8.90. The smallest absolute Gasteiger partial charge is 0.136 e. The van der Waals surface area contributed by atoms with E-state index in [4.69, 9.17) is 11.3 Å². The maximum absolute atomic E-state index is 8.84. The fourth-order valence-corrected chi connectivity index (χ4v) is 6.65. The molecule has 0 fully saturated rings. The topological polar surface area (TPSA) is 18.1 Å². The minimum absolute atomic E-state index is 0.0186. The summed E-state index contributed by atoms with van der Waals surface area (Å²) in [5.41, 5.74) is 8.45. The van der Waals surface area contributed by atoms with Crippen LogP contribution < -0.4 is 0 Å². The number of furan rings is 1. The summed E-state index contributed by atoms with van der Waals surface area (Å²) in [5.74, 6) is 0. The number of fused-ring (bicyclic) bond motifs is 6. The third kappa shape index (κ3) is 4.46. The van der Waals surface area contributed by atoms with Crippen molar-refractivity contribution in [1.82, 2.24) is 4.57 Å². The average molecular weight is 583 g/mol. The van der Waals surface area contributed by atoms with Crippen LogP contribution >= 0.6 is 0 Å². The first-order chi connectivity index (χ1) is 22.8. The molecule has 0 atom stereocenters. The van der Waals surface area contributed by atoms with E-state index >= 15 is 0 Å². The van der Waals surface area contributed by atoms with E-state index in [-0.39, 0.29) is 46.0 Å². The highest BCUT2D eigenvalue weighted by Gasteiger charge is 2.29. The molecule has 0 bridgehead atoms. The standard InChI is InChI=1S/C42H43NO/c1-40(2,3)27-18-20-32-30(24-27)31-25-28(41(4,5)6)19-21-33(31)43(32)34-22-23-36-38(39(34)42(7,8)9)37-29(16-13-17-35(37)44-36)26-14-11-10-12-15-26/h10-25H,1-9H3/i10D,11D,12D,14D,15D. The van der Waals surface area contributed by atoms with Gasteiger partial charge in [-0.25, -0.2) is 0 Å². The Balaban J connectivity index is 1.66. The van der Waals surface area contributed by atoms with Crippen molar-refractivity contribution in [2.45, 2.75) is 78.6 Å². The van der Waals surface area contributed by atoms with Crippen LogP contribution in [0.4, 0.5) is 0 Å². The molecule has 0 unspecified atom stereocenters. The highest BCUT2D eigenvalue weighted by molar-refractivity contribution is 6.16. The summed E-state index contributed by atoms with van der Waals surface area (Å²) in [6, 6.07) is 21.8. The van der Waals surface area contributed by atoms with Gasteiger partial charge >= 0.3 is 0 Å². The van der Waals surface area contributed by atoms with E-state index in [1.807, 2.05) is 24.3 Å². The molecule has 0 spiro atoms. The van der Waals surface area contributed by atoms with Crippen molar-refractivity contribution in [2.24, 2.45) is 0 Å². The molecule has 7 aromatic rings. The maximum atomic E-state index is 8.84. The molecule has 0 radical (unpaired) electrons. The van der Waals surface area contributed by atoms with Crippen LogP contribution in [-0.2, 0) is 16.2 Å². The van der Waals surface area contributed by atoms with Crippen molar-refractivity contribution in [3.05, 3.63) is 114 Å². The van der Waals surface area contributed by atoms with Gasteiger partial charge in [0, 0.05) is 21.5 Å². The Morgan fingerprint density at radius 2 is 1.16 bits per heavy atom. The Bertz CT molecular complexity index is 2400. The summed E-state index contributed by atoms with van der Waals surface area (Å²) in [6.07, 6.45) is 0. The van der Waals surface area contributed by atoms with Gasteiger partial charge in [0.1, 0.15) is 11.2 Å². The quantitative estimate of drug-likeness (QED) is 0.198. The van der Waals surface area contributed by atoms with Gasteiger partial charge in [-0.3, -0.25) is 0 Å². The molecular formula is C42H43NO. The number of benzene rings is 5. The van der Waals surface area contributed by atoms with Crippen LogP contribution in [0.2, 0.25) is 0 Å². The Labute approximate surface area is 268 Å². The van der Waals surface area contributed by atoms with Gasteiger partial charge < -0.3 is 8.98 Å². The lowest BCUT2D eigenvalue weighted by molar-refractivity contribution is 0.590. The minimum atomic E-state index is -0.406. The first-order valence-electron chi connectivity index (χ1n) is 18.0. The maximum Gasteiger partial charge on any atom is 0.136 e. The number of rotatable bonds is 2. The molecule has 0 amide bonds. The molecule has 0 N–H and O–H groups in total. The zero-order chi connectivity index (χ0) is 35.5. The monoisotopic (exact) mass is 582 g/mol. The van der Waals surface area contributed by atoms with E-state index in [0.29, 0.717) is 16.7 Å². The number of aromatic nitrogens is 1. The summed E-state index contributed by atoms with van der Waals surface area (Å²) >= 11 is 0. The van der Waals surface area contributed by atoms with Gasteiger partial charge in [0.15, 0.2) is 0 Å². The van der Waals surface area contributed by atoms with E-state index in [9.17, 15) is 0 Å². The Kier molecular flexibility index (Phi) is 5.05. The van der Waals surface area contributed by atoms with Gasteiger partial charge in [-0.05, 0) is 86.5 Å². The zero-order valence-electron chi connectivity index (χ0n) is 32.2. The lowest BCUT2D eigenvalue weighted by atomic mass is 9.82. The van der Waals surface area contributed by atoms with Crippen molar-refractivity contribution in [3.8, 4) is 16.8 Å². The van der Waals surface area contributed by atoms with Crippen LogP contribution in [0, 0.1) is 0 Å². The van der Waals surface area contributed by atoms with E-state index in [1.165, 1.54) is 21.9 Å². The molecule has 2 heterocycles. The largest absolute Gasteiger partial charge is 0.456 e. The minimum Gasteiger partial charge on any atom is -0.456 e. The molecule has 0 aliphatic carbocycles. The van der Waals surface area contributed by atoms with Crippen molar-refractivity contribution >= 4 is 43.7 Å². The van der Waals surface area contributed by atoms with Crippen molar-refractivity contribution in [3.63, 3.8) is 0 Å². The number of nitrogens with zero attached hydrogens (tertiary/aromatic N) is 1. The fourth-order valence-electron chi connectivity index (χ4n) is 6.65. The Hall–Kier alpha value is -4.30. The number of hydrogen-bond donors (Lipinski definition) is 0. The third-order valence-electron chi connectivity index (χ3n) is 8.90. The van der Waals surface area contributed by atoms with Gasteiger partial charge in [-0.15, -0.1) is 0 Å². The first kappa shape index (κ1) is 23.1. The van der Waals surface area contributed by atoms with Gasteiger partial charge in [-0.1, -0.05) is 117 Å². The lowest BCUT2D eigenvalue weighted by Crippen LogP contribution is -2.16. The Morgan fingerprint density at radius 1 is 0.591 bits per heavy atom. The van der Waals surface area contributed by atoms with Crippen LogP contribution in [-0.4, -0.2) is 4.57 Å². The van der Waals surface area contributed by atoms with Crippen LogP contribution in [0.1, 0.15) is 85.9 Å². The van der Waals surface area contributed by atoms with E-state index in [1.54, 1.807) is 0 Å². The predicted octanol–water partition coefficient (Wildman–Crippen LogP) is 12.2. The molecule has 222 valence electrons. The highest BCUT2D eigenvalue weighted by Crippen LogP contribution is 2.46. The van der Waals surface area contributed by atoms with Gasteiger partial charge in [0.25, 0.3) is 0 Å². The lowest BCUT2D eigenvalue weighted by Gasteiger charge is -2.26. The summed E-state index contributed by atoms with van der Waals surface area (Å²) in [5, 5.41) is 4.03. The van der Waals surface area contributed by atoms with Crippen LogP contribution in [0.5, 0.6) is 0 Å². The molecule has 0 saturated carbocycles. The van der Waals surface area contributed by atoms with E-state index in [0.717, 1.165) is 33.1 Å². The van der Waals surface area contributed by atoms with Crippen molar-refractivity contribution in [2.75, 3.05) is 0 Å². The van der Waals surface area contributed by atoms with Crippen molar-refractivity contribution in [1.29, 1.82) is 0 Å². The van der Waals surface area contributed by atoms with E-state index < -0.39 is 6.04 Å². The molecule has 0 saturated heterocycles. The second-order valence-corrected chi connectivity index (χ2v) is 15.2. The van der Waals surface area contributed by atoms with Gasteiger partial charge in [0.2, 0.25) is 0 Å². The predicted molar refractivity (Wildman–Crippen MR) is 190 cm³/mol. The average Bonchev–Trinajstić information content (AvgIpc) is 3.56. The molecule has 7 rings (SSSR count). The zero-order valence-corrected chi connectivity index (χ0v) is 27.2. The van der Waals surface area contributed by atoms with Crippen molar-refractivity contribution < 1.29 is 11.3 Å². The van der Waals surface area contributed by atoms with E-state index in [2.05, 4.69) is 109 Å². The second kappa shape index (κ2) is 9.60. The molecule has 0 aliphatic rings. The Morgan fingerprint density at radius 3 is 1.70 bits per heavy atom. The van der Waals surface area contributed by atoms with Crippen LogP contribution in [0.15, 0.2) is 101 Å². The molecule has 44 heavy (non-hydrogen) atoms. The SMILES string of the molecule is [2H]c1c([2H])c([2H])c(-c2cccc3oc4ccc(-n5c6ccc(C(C)(C)C)cc6c6cc(C(C)(C)C)ccc65)c(C(C)(C)C)c4c23)c([2H])c1[2H]. The van der Waals surface area contributed by atoms with Gasteiger partial charge in [0.05, 0.1) is 23.6 Å².